The second-order valence-corrected chi connectivity index (χ2v) is 7.64. The van der Waals surface area contributed by atoms with Crippen LogP contribution in [0, 0.1) is 6.92 Å². The Morgan fingerprint density at radius 3 is 2.60 bits per heavy atom. The number of hydrogen-bond donors (Lipinski definition) is 1. The minimum atomic E-state index is -0.364. The number of aryl methyl sites for hydroxylation is 2. The summed E-state index contributed by atoms with van der Waals surface area (Å²) in [5.41, 5.74) is 7.00. The minimum Gasteiger partial charge on any atom is -0.369 e. The number of halogens is 1. The first-order chi connectivity index (χ1) is 9.47. The van der Waals surface area contributed by atoms with E-state index in [-0.39, 0.29) is 11.7 Å². The highest BCUT2D eigenvalue weighted by Crippen LogP contribution is 2.32. The van der Waals surface area contributed by atoms with Crippen molar-refractivity contribution in [3.63, 3.8) is 0 Å². The molecule has 2 aromatic rings. The van der Waals surface area contributed by atoms with E-state index < -0.39 is 0 Å². The van der Waals surface area contributed by atoms with Gasteiger partial charge in [-0.25, -0.2) is 0 Å². The molecule has 2 N–H and O–H groups in total. The number of hydrogen-bond acceptors (Lipinski definition) is 7. The number of nitrogens with two attached hydrogens (primary N) is 1. The first-order valence-electron chi connectivity index (χ1n) is 5.52. The quantitative estimate of drug-likeness (QED) is 0.804. The second kappa shape index (κ2) is 6.79. The summed E-state index contributed by atoms with van der Waals surface area (Å²) >= 11 is 10.5. The molecule has 20 heavy (non-hydrogen) atoms. The van der Waals surface area contributed by atoms with Crippen LogP contribution in [0.2, 0.25) is 5.15 Å². The van der Waals surface area contributed by atoms with Gasteiger partial charge in [0.25, 0.3) is 0 Å². The van der Waals surface area contributed by atoms with E-state index in [9.17, 15) is 4.79 Å². The zero-order valence-electron chi connectivity index (χ0n) is 10.8. The molecule has 108 valence electrons. The van der Waals surface area contributed by atoms with Gasteiger partial charge in [-0.05, 0) is 6.92 Å². The van der Waals surface area contributed by atoms with Crippen LogP contribution >= 0.6 is 46.5 Å². The molecule has 0 saturated heterocycles. The predicted molar refractivity (Wildman–Crippen MR) is 82.3 cm³/mol. The van der Waals surface area contributed by atoms with E-state index in [1.54, 1.807) is 16.4 Å². The first-order valence-corrected chi connectivity index (χ1v) is 8.69. The Morgan fingerprint density at radius 1 is 1.40 bits per heavy atom. The standard InChI is InChI=1S/C10H12ClN5OS3/c1-5-6(8(11)16(2)15-5)3-18-9-13-14-10(20-9)19-4-7(12)17/h3-4H2,1-2H3,(H2,12,17). The van der Waals surface area contributed by atoms with Gasteiger partial charge >= 0.3 is 0 Å². The average molecular weight is 350 g/mol. The Bertz CT molecular complexity index is 626. The fourth-order valence-electron chi connectivity index (χ4n) is 1.42. The Balaban J connectivity index is 1.95. The van der Waals surface area contributed by atoms with E-state index in [2.05, 4.69) is 15.3 Å². The van der Waals surface area contributed by atoms with Gasteiger partial charge < -0.3 is 5.73 Å². The van der Waals surface area contributed by atoms with Crippen molar-refractivity contribution in [1.82, 2.24) is 20.0 Å². The van der Waals surface area contributed by atoms with Crippen molar-refractivity contribution in [2.45, 2.75) is 21.4 Å². The number of primary amides is 1. The van der Waals surface area contributed by atoms with Crippen LogP contribution in [0.1, 0.15) is 11.3 Å². The molecule has 0 spiro atoms. The Kier molecular flexibility index (Phi) is 5.30. The zero-order chi connectivity index (χ0) is 14.7. The highest BCUT2D eigenvalue weighted by atomic mass is 35.5. The smallest absolute Gasteiger partial charge is 0.227 e. The molecule has 2 heterocycles. The lowest BCUT2D eigenvalue weighted by atomic mass is 10.3. The van der Waals surface area contributed by atoms with Crippen LogP contribution in [0.5, 0.6) is 0 Å². The highest BCUT2D eigenvalue weighted by molar-refractivity contribution is 8.03. The molecule has 10 heteroatoms. The van der Waals surface area contributed by atoms with Crippen LogP contribution in [-0.2, 0) is 17.6 Å². The van der Waals surface area contributed by atoms with Crippen LogP contribution in [0.3, 0.4) is 0 Å². The Morgan fingerprint density at radius 2 is 2.05 bits per heavy atom. The molecular formula is C10H12ClN5OS3. The highest BCUT2D eigenvalue weighted by Gasteiger charge is 2.13. The van der Waals surface area contributed by atoms with E-state index in [4.69, 9.17) is 17.3 Å². The third-order valence-electron chi connectivity index (χ3n) is 2.34. The predicted octanol–water partition coefficient (Wildman–Crippen LogP) is 2.10. The summed E-state index contributed by atoms with van der Waals surface area (Å²) in [7, 11) is 1.81. The van der Waals surface area contributed by atoms with Gasteiger partial charge in [-0.1, -0.05) is 46.5 Å². The maximum atomic E-state index is 10.7. The molecule has 0 aliphatic carbocycles. The summed E-state index contributed by atoms with van der Waals surface area (Å²) in [6.07, 6.45) is 0. The van der Waals surface area contributed by atoms with Crippen molar-refractivity contribution < 1.29 is 4.79 Å². The van der Waals surface area contributed by atoms with Gasteiger partial charge in [-0.2, -0.15) is 5.10 Å². The van der Waals surface area contributed by atoms with Crippen molar-refractivity contribution in [1.29, 1.82) is 0 Å². The molecule has 0 atom stereocenters. The number of nitrogens with zero attached hydrogens (tertiary/aromatic N) is 4. The summed E-state index contributed by atoms with van der Waals surface area (Å²) in [6, 6.07) is 0. The molecule has 2 aromatic heterocycles. The molecule has 0 aliphatic rings. The lowest BCUT2D eigenvalue weighted by molar-refractivity contribution is -0.115. The molecule has 0 unspecified atom stereocenters. The van der Waals surface area contributed by atoms with Gasteiger partial charge in [0.1, 0.15) is 5.15 Å². The molecule has 1 amide bonds. The average Bonchev–Trinajstić information content (AvgIpc) is 2.92. The Labute approximate surface area is 133 Å². The number of rotatable bonds is 6. The van der Waals surface area contributed by atoms with Gasteiger partial charge in [0.2, 0.25) is 5.91 Å². The molecular weight excluding hydrogens is 338 g/mol. The molecule has 0 fully saturated rings. The fourth-order valence-corrected chi connectivity index (χ4v) is 4.58. The summed E-state index contributed by atoms with van der Waals surface area (Å²) in [6.45, 7) is 1.93. The van der Waals surface area contributed by atoms with E-state index >= 15 is 0 Å². The summed E-state index contributed by atoms with van der Waals surface area (Å²) in [5, 5.41) is 13.0. The molecule has 0 radical (unpaired) electrons. The van der Waals surface area contributed by atoms with Crippen LogP contribution in [-0.4, -0.2) is 31.6 Å². The summed E-state index contributed by atoms with van der Waals surface area (Å²) in [5.74, 6) is 0.540. The zero-order valence-corrected chi connectivity index (χ0v) is 14.0. The van der Waals surface area contributed by atoms with Gasteiger partial charge in [-0.3, -0.25) is 9.48 Å². The molecule has 6 nitrogen and oxygen atoms in total. The van der Waals surface area contributed by atoms with E-state index in [1.807, 2.05) is 14.0 Å². The molecule has 0 aliphatic heterocycles. The van der Waals surface area contributed by atoms with Crippen LogP contribution in [0.15, 0.2) is 8.68 Å². The third kappa shape index (κ3) is 3.87. The number of amides is 1. The fraction of sp³-hybridized carbons (Fsp3) is 0.400. The van der Waals surface area contributed by atoms with Gasteiger partial charge in [0.15, 0.2) is 8.68 Å². The Hall–Kier alpha value is -0.770. The largest absolute Gasteiger partial charge is 0.369 e. The third-order valence-corrected chi connectivity index (χ3v) is 6.05. The van der Waals surface area contributed by atoms with Crippen LogP contribution in [0.4, 0.5) is 0 Å². The van der Waals surface area contributed by atoms with Crippen molar-refractivity contribution >= 4 is 52.4 Å². The molecule has 2 rings (SSSR count). The van der Waals surface area contributed by atoms with Crippen molar-refractivity contribution in [3.05, 3.63) is 16.4 Å². The second-order valence-electron chi connectivity index (χ2n) is 3.86. The van der Waals surface area contributed by atoms with E-state index in [1.165, 1.54) is 23.1 Å². The van der Waals surface area contributed by atoms with Crippen LogP contribution in [0.25, 0.3) is 0 Å². The summed E-state index contributed by atoms with van der Waals surface area (Å²) in [4.78, 5) is 10.7. The van der Waals surface area contributed by atoms with Crippen molar-refractivity contribution in [3.8, 4) is 0 Å². The molecule has 0 bridgehead atoms. The lowest BCUT2D eigenvalue weighted by Crippen LogP contribution is -2.12. The van der Waals surface area contributed by atoms with Gasteiger partial charge in [-0.15, -0.1) is 10.2 Å². The SMILES string of the molecule is Cc1nn(C)c(Cl)c1CSc1nnc(SCC(N)=O)s1. The van der Waals surface area contributed by atoms with Crippen molar-refractivity contribution in [2.75, 3.05) is 5.75 Å². The number of carbonyl (C=O) groups is 1. The van der Waals surface area contributed by atoms with Crippen molar-refractivity contribution in [2.24, 2.45) is 12.8 Å². The monoisotopic (exact) mass is 349 g/mol. The van der Waals surface area contributed by atoms with Crippen LogP contribution < -0.4 is 5.73 Å². The summed E-state index contributed by atoms with van der Waals surface area (Å²) < 4.78 is 3.22. The van der Waals surface area contributed by atoms with Gasteiger partial charge in [0, 0.05) is 18.4 Å². The minimum absolute atomic E-state index is 0.215. The first kappa shape index (κ1) is 15.6. The topological polar surface area (TPSA) is 86.7 Å². The van der Waals surface area contributed by atoms with E-state index in [0.29, 0.717) is 10.9 Å². The molecule has 0 saturated carbocycles. The normalized spacial score (nSPS) is 10.9. The maximum Gasteiger partial charge on any atom is 0.227 e. The lowest BCUT2D eigenvalue weighted by Gasteiger charge is -1.97. The number of aromatic nitrogens is 4. The number of thioether (sulfide) groups is 2. The maximum absolute atomic E-state index is 10.7. The number of carbonyl (C=O) groups excluding carboxylic acids is 1. The van der Waals surface area contributed by atoms with E-state index in [0.717, 1.165) is 19.9 Å². The van der Waals surface area contributed by atoms with Gasteiger partial charge in [0.05, 0.1) is 11.4 Å². The molecule has 0 aromatic carbocycles.